The van der Waals surface area contributed by atoms with Crippen LogP contribution >= 0.6 is 0 Å². The molecule has 0 unspecified atom stereocenters. The largest absolute Gasteiger partial charge is 1.00 e. The van der Waals surface area contributed by atoms with E-state index in [2.05, 4.69) is 13.6 Å². The Labute approximate surface area is 113 Å². The van der Waals surface area contributed by atoms with Gasteiger partial charge in [0.25, 0.3) is 0 Å². The van der Waals surface area contributed by atoms with Gasteiger partial charge in [-0.1, -0.05) is 14.9 Å². The fraction of sp³-hybridized carbons (Fsp3) is 1.00. The van der Waals surface area contributed by atoms with Crippen LogP contribution in [0.15, 0.2) is 0 Å². The molecule has 5 radical (unpaired) electrons. The molecule has 8 heteroatoms. The summed E-state index contributed by atoms with van der Waals surface area (Å²) in [5, 5.41) is 0. The first-order valence-corrected chi connectivity index (χ1v) is 0.333. The Bertz CT molecular complexity index is 19.2. The van der Waals surface area contributed by atoms with E-state index >= 15 is 0 Å². The van der Waals surface area contributed by atoms with Gasteiger partial charge < -0.3 is 24.1 Å². The van der Waals surface area contributed by atoms with E-state index in [0.717, 1.165) is 0 Å². The average Bonchev–Trinajstić information content (AvgIpc) is 1.00. The second kappa shape index (κ2) is 281. The van der Waals surface area contributed by atoms with Gasteiger partial charge in [-0.3, -0.25) is 0 Å². The molecular formula is C2H17B2N4Na2. The topological polar surface area (TPSA) is 128 Å². The van der Waals surface area contributed by atoms with Gasteiger partial charge in [0.1, 0.15) is 0 Å². The quantitative estimate of drug-likeness (QED) is 0.350. The van der Waals surface area contributed by atoms with Gasteiger partial charge in [0.2, 0.25) is 0 Å². The van der Waals surface area contributed by atoms with Crippen LogP contribution in [0.25, 0.3) is 12.3 Å². The van der Waals surface area contributed by atoms with Crippen LogP contribution in [-0.2, 0) is 0 Å². The molecule has 0 aromatic rings. The monoisotopic (exact) mass is 165 g/mol. The van der Waals surface area contributed by atoms with Crippen molar-refractivity contribution in [2.45, 2.75) is 14.9 Å². The van der Waals surface area contributed by atoms with Gasteiger partial charge in [-0.15, -0.1) is 0 Å². The van der Waals surface area contributed by atoms with Crippen molar-refractivity contribution in [3.05, 3.63) is 12.3 Å². The van der Waals surface area contributed by atoms with Crippen molar-refractivity contribution < 1.29 is 59.1 Å². The number of nitrogens with two attached hydrogens (primary N) is 3. The molecule has 0 saturated carbocycles. The van der Waals surface area contributed by atoms with Crippen molar-refractivity contribution in [2.75, 3.05) is 0 Å². The van der Waals surface area contributed by atoms with Crippen LogP contribution in [0.3, 0.4) is 0 Å². The summed E-state index contributed by atoms with van der Waals surface area (Å²) in [5.74, 6) is 0. The van der Waals surface area contributed by atoms with E-state index in [-0.39, 0.29) is 101 Å². The number of rotatable bonds is 0. The Hall–Kier alpha value is 1.97. The zero-order valence-electron chi connectivity index (χ0n) is 5.59. The zero-order chi connectivity index (χ0) is 2.00. The minimum Gasteiger partial charge on any atom is -0.693 e. The molecular weight excluding hydrogens is 148 g/mol. The molecule has 53 valence electrons. The smallest absolute Gasteiger partial charge is 0.693 e. The van der Waals surface area contributed by atoms with E-state index in [1.807, 2.05) is 0 Å². The Morgan fingerprint density at radius 2 is 0.800 bits per heavy atom. The summed E-state index contributed by atoms with van der Waals surface area (Å²) in [7, 11) is 4.00. The van der Waals surface area contributed by atoms with Crippen molar-refractivity contribution in [3.63, 3.8) is 0 Å². The third-order valence-corrected chi connectivity index (χ3v) is 0. The first-order valence-electron chi connectivity index (χ1n) is 0.333. The van der Waals surface area contributed by atoms with Gasteiger partial charge in [-0.05, 0) is 0 Å². The van der Waals surface area contributed by atoms with E-state index < -0.39 is 0 Å². The van der Waals surface area contributed by atoms with Gasteiger partial charge in [0.05, 0.1) is 0 Å². The molecule has 0 atom stereocenters. The average molecular weight is 165 g/mol. The fourth-order valence-electron chi connectivity index (χ4n) is 0. The molecule has 4 nitrogen and oxygen atoms in total. The summed E-state index contributed by atoms with van der Waals surface area (Å²) in [6, 6.07) is 0. The standard InChI is InChI=1S/2CH4.BH2N.B.H3N.2H2N.2Na/c;;1-2;;;;;;/h2*1H4;2H2;;1H3;2*1H2;;/q;;;;;2*-1;2*+1. The molecule has 0 aliphatic heterocycles. The van der Waals surface area contributed by atoms with Crippen LogP contribution in [0.5, 0.6) is 0 Å². The molecule has 0 aliphatic carbocycles. The number of hydrogen-bond acceptors (Lipinski definition) is 2. The molecule has 9 N–H and O–H groups in total. The molecule has 0 heterocycles. The molecule has 0 amide bonds. The molecule has 0 fully saturated rings. The van der Waals surface area contributed by atoms with Gasteiger partial charge in [-0.25, -0.2) is 0 Å². The summed E-state index contributed by atoms with van der Waals surface area (Å²) in [5.41, 5.74) is 4.00. The van der Waals surface area contributed by atoms with E-state index in [4.69, 9.17) is 0 Å². The van der Waals surface area contributed by atoms with E-state index in [0.29, 0.717) is 0 Å². The Morgan fingerprint density at radius 1 is 0.800 bits per heavy atom. The molecule has 0 aliphatic rings. The van der Waals surface area contributed by atoms with E-state index in [1.165, 1.54) is 0 Å². The maximum absolute atomic E-state index is 4.00. The predicted molar refractivity (Wildman–Crippen MR) is 44.7 cm³/mol. The summed E-state index contributed by atoms with van der Waals surface area (Å²) in [4.78, 5) is 0. The zero-order valence-corrected chi connectivity index (χ0v) is 9.59. The third-order valence-electron chi connectivity index (χ3n) is 0. The first-order chi connectivity index (χ1) is 1.00. The minimum absolute atomic E-state index is 0. The molecule has 0 bridgehead atoms. The van der Waals surface area contributed by atoms with Crippen LogP contribution in [-0.4, -0.2) is 16.4 Å². The molecule has 0 aromatic carbocycles. The summed E-state index contributed by atoms with van der Waals surface area (Å²) in [6.07, 6.45) is 0. The molecule has 0 saturated heterocycles. The Kier molecular flexibility index (Phi) is 4590. The summed E-state index contributed by atoms with van der Waals surface area (Å²) >= 11 is 0. The van der Waals surface area contributed by atoms with Gasteiger partial charge in [0, 0.05) is 8.41 Å². The van der Waals surface area contributed by atoms with Gasteiger partial charge >= 0.3 is 59.1 Å². The van der Waals surface area contributed by atoms with Gasteiger partial charge in [-0.2, -0.15) is 0 Å². The molecule has 0 spiro atoms. The van der Waals surface area contributed by atoms with Crippen LogP contribution in [0.2, 0.25) is 0 Å². The minimum atomic E-state index is 0. The van der Waals surface area contributed by atoms with Crippen molar-refractivity contribution in [1.29, 1.82) is 0 Å². The van der Waals surface area contributed by atoms with Crippen LogP contribution in [0.1, 0.15) is 14.9 Å². The normalized spacial score (nSPS) is 0.500. The second-order valence-electron chi connectivity index (χ2n) is 0. The van der Waals surface area contributed by atoms with E-state index in [1.54, 1.807) is 0 Å². The molecule has 10 heavy (non-hydrogen) atoms. The molecule has 0 aromatic heterocycles. The Balaban J connectivity index is -0.000000000179. The Morgan fingerprint density at radius 3 is 0.800 bits per heavy atom. The number of hydrogen-bond donors (Lipinski definition) is 2. The predicted octanol–water partition coefficient (Wildman–Crippen LogP) is -4.48. The second-order valence-corrected chi connectivity index (χ2v) is 0. The van der Waals surface area contributed by atoms with Crippen molar-refractivity contribution >= 4 is 16.4 Å². The van der Waals surface area contributed by atoms with Crippen LogP contribution in [0, 0.1) is 0 Å². The molecule has 0 rings (SSSR count). The maximum Gasteiger partial charge on any atom is 1.00 e. The third kappa shape index (κ3) is 207. The SMILES string of the molecule is C.C.N.[B].[B]N.[NH2-].[NH2-].[Na+].[Na+]. The van der Waals surface area contributed by atoms with E-state index in [9.17, 15) is 0 Å². The van der Waals surface area contributed by atoms with Crippen molar-refractivity contribution in [3.8, 4) is 0 Å². The fourth-order valence-corrected chi connectivity index (χ4v) is 0. The summed E-state index contributed by atoms with van der Waals surface area (Å²) < 4.78 is 0. The van der Waals surface area contributed by atoms with Crippen LogP contribution < -0.4 is 70.9 Å². The first kappa shape index (κ1) is 163. The van der Waals surface area contributed by atoms with Crippen molar-refractivity contribution in [2.24, 2.45) is 5.64 Å². The van der Waals surface area contributed by atoms with Gasteiger partial charge in [0.15, 0.2) is 7.98 Å². The maximum atomic E-state index is 4.00. The van der Waals surface area contributed by atoms with Crippen molar-refractivity contribution in [1.82, 2.24) is 6.15 Å². The van der Waals surface area contributed by atoms with Crippen LogP contribution in [0.4, 0.5) is 0 Å². The summed E-state index contributed by atoms with van der Waals surface area (Å²) in [6.45, 7) is 0.